The molecule has 1 N–H and O–H groups in total. The van der Waals surface area contributed by atoms with Crippen LogP contribution in [0.5, 0.6) is 0 Å². The first-order valence-electron chi connectivity index (χ1n) is 10.5. The third-order valence-corrected chi connectivity index (χ3v) is 6.88. The van der Waals surface area contributed by atoms with Crippen molar-refractivity contribution in [2.24, 2.45) is 5.92 Å². The third-order valence-electron chi connectivity index (χ3n) is 5.99. The van der Waals surface area contributed by atoms with Crippen molar-refractivity contribution in [3.05, 3.63) is 58.3 Å². The van der Waals surface area contributed by atoms with Gasteiger partial charge >= 0.3 is 0 Å². The van der Waals surface area contributed by atoms with Crippen LogP contribution in [0.2, 0.25) is 0 Å². The minimum atomic E-state index is -0.284. The van der Waals surface area contributed by atoms with Gasteiger partial charge in [0.1, 0.15) is 0 Å². The standard InChI is InChI=1S/C23H27BrN4O2/c1-16-12-20(5-6-21(16)24)28-14-17(13-22(28)29)23(30)26-18-7-10-27(11-8-18)15-19-4-2-3-9-25-19/h2-6,9,12,17-18H,7-8,10-11,13-15H2,1H3,(H,26,30). The molecule has 1 aromatic heterocycles. The molecule has 0 bridgehead atoms. The Balaban J connectivity index is 1.27. The summed E-state index contributed by atoms with van der Waals surface area (Å²) < 4.78 is 1.02. The summed E-state index contributed by atoms with van der Waals surface area (Å²) in [6.45, 7) is 5.17. The van der Waals surface area contributed by atoms with Crippen molar-refractivity contribution in [3.63, 3.8) is 0 Å². The molecule has 7 heteroatoms. The van der Waals surface area contributed by atoms with Crippen molar-refractivity contribution in [2.45, 2.75) is 38.8 Å². The van der Waals surface area contributed by atoms with Crippen molar-refractivity contribution < 1.29 is 9.59 Å². The quantitative estimate of drug-likeness (QED) is 0.727. The zero-order chi connectivity index (χ0) is 21.1. The Labute approximate surface area is 185 Å². The summed E-state index contributed by atoms with van der Waals surface area (Å²) >= 11 is 3.49. The molecule has 1 aromatic carbocycles. The number of benzene rings is 1. The van der Waals surface area contributed by atoms with E-state index in [4.69, 9.17) is 0 Å². The second kappa shape index (κ2) is 9.27. The van der Waals surface area contributed by atoms with Crippen LogP contribution in [0.1, 0.15) is 30.5 Å². The number of nitrogens with zero attached hydrogens (tertiary/aromatic N) is 3. The Bertz CT molecular complexity index is 913. The fraction of sp³-hybridized carbons (Fsp3) is 0.435. The number of halogens is 1. The highest BCUT2D eigenvalue weighted by Crippen LogP contribution is 2.29. The van der Waals surface area contributed by atoms with Crippen molar-refractivity contribution in [1.29, 1.82) is 0 Å². The van der Waals surface area contributed by atoms with Gasteiger partial charge in [-0.2, -0.15) is 0 Å². The summed E-state index contributed by atoms with van der Waals surface area (Å²) in [6, 6.07) is 12.0. The van der Waals surface area contributed by atoms with E-state index in [1.165, 1.54) is 0 Å². The molecule has 2 aromatic rings. The van der Waals surface area contributed by atoms with Crippen molar-refractivity contribution >= 4 is 33.4 Å². The highest BCUT2D eigenvalue weighted by Gasteiger charge is 2.36. The predicted octanol–water partition coefficient (Wildman–Crippen LogP) is 3.29. The Morgan fingerprint density at radius 3 is 2.73 bits per heavy atom. The van der Waals surface area contributed by atoms with Crippen LogP contribution >= 0.6 is 15.9 Å². The highest BCUT2D eigenvalue weighted by molar-refractivity contribution is 9.10. The number of carbonyl (C=O) groups is 2. The largest absolute Gasteiger partial charge is 0.353 e. The van der Waals surface area contributed by atoms with Crippen LogP contribution in [-0.4, -0.2) is 47.4 Å². The number of aryl methyl sites for hydroxylation is 1. The molecular weight excluding hydrogens is 444 g/mol. The van der Waals surface area contributed by atoms with Gasteiger partial charge < -0.3 is 10.2 Å². The molecule has 0 spiro atoms. The van der Waals surface area contributed by atoms with Crippen LogP contribution < -0.4 is 10.2 Å². The van der Waals surface area contributed by atoms with Crippen LogP contribution in [0.3, 0.4) is 0 Å². The molecule has 3 heterocycles. The van der Waals surface area contributed by atoms with E-state index in [0.29, 0.717) is 6.54 Å². The molecule has 2 aliphatic heterocycles. The second-order valence-corrected chi connectivity index (χ2v) is 9.07. The number of nitrogens with one attached hydrogen (secondary N) is 1. The number of amides is 2. The summed E-state index contributed by atoms with van der Waals surface area (Å²) in [4.78, 5) is 33.8. The summed E-state index contributed by atoms with van der Waals surface area (Å²) in [5, 5.41) is 3.19. The number of hydrogen-bond acceptors (Lipinski definition) is 4. The molecule has 4 rings (SSSR count). The fourth-order valence-electron chi connectivity index (χ4n) is 4.20. The molecule has 0 saturated carbocycles. The summed E-state index contributed by atoms with van der Waals surface area (Å²) in [7, 11) is 0. The normalized spacial score (nSPS) is 20.5. The zero-order valence-electron chi connectivity index (χ0n) is 17.2. The van der Waals surface area contributed by atoms with E-state index in [1.54, 1.807) is 4.90 Å². The molecule has 2 amide bonds. The molecule has 0 radical (unpaired) electrons. The molecule has 30 heavy (non-hydrogen) atoms. The van der Waals surface area contributed by atoms with Crippen molar-refractivity contribution in [2.75, 3.05) is 24.5 Å². The first kappa shape index (κ1) is 21.0. The van der Waals surface area contributed by atoms with Gasteiger partial charge in [0.05, 0.1) is 11.6 Å². The maximum Gasteiger partial charge on any atom is 0.227 e. The molecule has 1 unspecified atom stereocenters. The second-order valence-electron chi connectivity index (χ2n) is 8.22. The van der Waals surface area contributed by atoms with E-state index >= 15 is 0 Å². The van der Waals surface area contributed by atoms with Crippen LogP contribution in [0.25, 0.3) is 0 Å². The van der Waals surface area contributed by atoms with Gasteiger partial charge in [-0.3, -0.25) is 19.5 Å². The molecule has 6 nitrogen and oxygen atoms in total. The molecule has 2 aliphatic rings. The lowest BCUT2D eigenvalue weighted by atomic mass is 10.0. The summed E-state index contributed by atoms with van der Waals surface area (Å²) in [5.41, 5.74) is 3.01. The minimum absolute atomic E-state index is 0.00265. The molecular formula is C23H27BrN4O2. The van der Waals surface area contributed by atoms with Gasteiger partial charge in [0, 0.05) is 55.0 Å². The number of piperidine rings is 1. The fourth-order valence-corrected chi connectivity index (χ4v) is 4.45. The van der Waals surface area contributed by atoms with E-state index in [1.807, 2.05) is 49.5 Å². The van der Waals surface area contributed by atoms with E-state index in [2.05, 4.69) is 31.1 Å². The van der Waals surface area contributed by atoms with Crippen LogP contribution in [0, 0.1) is 12.8 Å². The average Bonchev–Trinajstić information content (AvgIpc) is 3.14. The minimum Gasteiger partial charge on any atom is -0.353 e. The van der Waals surface area contributed by atoms with Gasteiger partial charge in [-0.05, 0) is 55.7 Å². The lowest BCUT2D eigenvalue weighted by molar-refractivity contribution is -0.127. The predicted molar refractivity (Wildman–Crippen MR) is 120 cm³/mol. The smallest absolute Gasteiger partial charge is 0.227 e. The van der Waals surface area contributed by atoms with Gasteiger partial charge in [-0.25, -0.2) is 0 Å². The first-order valence-corrected chi connectivity index (χ1v) is 11.3. The van der Waals surface area contributed by atoms with Gasteiger partial charge in [0.15, 0.2) is 0 Å². The monoisotopic (exact) mass is 470 g/mol. The number of pyridine rings is 1. The topological polar surface area (TPSA) is 65.5 Å². The lowest BCUT2D eigenvalue weighted by Crippen LogP contribution is -2.46. The van der Waals surface area contributed by atoms with Crippen LogP contribution in [0.4, 0.5) is 5.69 Å². The number of rotatable bonds is 5. The Morgan fingerprint density at radius 2 is 2.03 bits per heavy atom. The zero-order valence-corrected chi connectivity index (χ0v) is 18.8. The number of aromatic nitrogens is 1. The number of likely N-dealkylation sites (tertiary alicyclic amines) is 1. The Morgan fingerprint density at radius 1 is 1.23 bits per heavy atom. The molecule has 158 valence electrons. The molecule has 1 atom stereocenters. The average molecular weight is 471 g/mol. The van der Waals surface area contributed by atoms with Crippen LogP contribution in [-0.2, 0) is 16.1 Å². The van der Waals surface area contributed by atoms with Crippen LogP contribution in [0.15, 0.2) is 47.1 Å². The molecule has 0 aliphatic carbocycles. The number of carbonyl (C=O) groups excluding carboxylic acids is 2. The number of anilines is 1. The van der Waals surface area contributed by atoms with E-state index in [-0.39, 0.29) is 30.2 Å². The van der Waals surface area contributed by atoms with E-state index < -0.39 is 0 Å². The van der Waals surface area contributed by atoms with E-state index in [9.17, 15) is 9.59 Å². The third kappa shape index (κ3) is 4.90. The Kier molecular flexibility index (Phi) is 6.49. The van der Waals surface area contributed by atoms with Gasteiger partial charge in [-0.1, -0.05) is 22.0 Å². The van der Waals surface area contributed by atoms with Gasteiger partial charge in [0.25, 0.3) is 0 Å². The maximum absolute atomic E-state index is 12.8. The SMILES string of the molecule is Cc1cc(N2CC(C(=O)NC3CCN(Cc4ccccn4)CC3)CC2=O)ccc1Br. The van der Waals surface area contributed by atoms with Crippen molar-refractivity contribution in [3.8, 4) is 0 Å². The molecule has 2 fully saturated rings. The lowest BCUT2D eigenvalue weighted by Gasteiger charge is -2.32. The maximum atomic E-state index is 12.8. The summed E-state index contributed by atoms with van der Waals surface area (Å²) in [5.74, 6) is -0.266. The highest BCUT2D eigenvalue weighted by atomic mass is 79.9. The summed E-state index contributed by atoms with van der Waals surface area (Å²) in [6.07, 6.45) is 3.95. The van der Waals surface area contributed by atoms with Gasteiger partial charge in [0.2, 0.25) is 11.8 Å². The molecule has 2 saturated heterocycles. The Hall–Kier alpha value is -2.25. The van der Waals surface area contributed by atoms with Crippen molar-refractivity contribution in [1.82, 2.24) is 15.2 Å². The number of hydrogen-bond donors (Lipinski definition) is 1. The van der Waals surface area contributed by atoms with Gasteiger partial charge in [-0.15, -0.1) is 0 Å². The van der Waals surface area contributed by atoms with E-state index in [0.717, 1.165) is 53.9 Å². The first-order chi connectivity index (χ1) is 14.5.